The summed E-state index contributed by atoms with van der Waals surface area (Å²) < 4.78 is 13.0. The van der Waals surface area contributed by atoms with Gasteiger partial charge in [-0.25, -0.2) is 4.39 Å². The average molecular weight is 363 g/mol. The van der Waals surface area contributed by atoms with Crippen molar-refractivity contribution in [3.63, 3.8) is 0 Å². The maximum Gasteiger partial charge on any atom is 0.268 e. The Labute approximate surface area is 151 Å². The first-order chi connectivity index (χ1) is 11.9. The van der Waals surface area contributed by atoms with Crippen molar-refractivity contribution < 1.29 is 14.0 Å². The minimum absolute atomic E-state index is 0.120. The minimum atomic E-state index is -0.827. The van der Waals surface area contributed by atoms with Crippen molar-refractivity contribution in [2.75, 3.05) is 5.32 Å². The van der Waals surface area contributed by atoms with E-state index >= 15 is 0 Å². The second kappa shape index (κ2) is 8.62. The maximum absolute atomic E-state index is 13.0. The lowest BCUT2D eigenvalue weighted by atomic mass is 10.0. The van der Waals surface area contributed by atoms with E-state index in [1.807, 2.05) is 24.3 Å². The Bertz CT molecular complexity index is 761. The molecule has 0 aromatic heterocycles. The van der Waals surface area contributed by atoms with Gasteiger partial charge in [-0.2, -0.15) is 0 Å². The third-order valence-electron chi connectivity index (χ3n) is 3.58. The second-order valence-electron chi connectivity index (χ2n) is 5.92. The van der Waals surface area contributed by atoms with Crippen LogP contribution in [0.15, 0.2) is 47.6 Å². The van der Waals surface area contributed by atoms with Crippen LogP contribution in [-0.4, -0.2) is 18.2 Å². The van der Waals surface area contributed by atoms with Gasteiger partial charge >= 0.3 is 0 Å². The van der Waals surface area contributed by atoms with E-state index < -0.39 is 17.8 Å². The van der Waals surface area contributed by atoms with Crippen LogP contribution < -0.4 is 5.32 Å². The molecule has 0 aliphatic rings. The topological polar surface area (TPSA) is 50.7 Å². The summed E-state index contributed by atoms with van der Waals surface area (Å²) in [6.07, 6.45) is 0.714. The van der Waals surface area contributed by atoms with Crippen molar-refractivity contribution in [1.29, 1.82) is 0 Å². The zero-order valence-electron chi connectivity index (χ0n) is 14.3. The van der Waals surface area contributed by atoms with Crippen LogP contribution >= 0.6 is 11.6 Å². The summed E-state index contributed by atoms with van der Waals surface area (Å²) in [5.74, 6) is -0.439. The quantitative estimate of drug-likeness (QED) is 0.582. The Balaban J connectivity index is 1.90. The van der Waals surface area contributed by atoms with Gasteiger partial charge < -0.3 is 10.2 Å². The highest BCUT2D eigenvalue weighted by atomic mass is 35.5. The number of oxime groups is 1. The zero-order chi connectivity index (χ0) is 18.4. The summed E-state index contributed by atoms with van der Waals surface area (Å²) in [6, 6.07) is 11.7. The fourth-order valence-electron chi connectivity index (χ4n) is 2.02. The van der Waals surface area contributed by atoms with Gasteiger partial charge in [-0.1, -0.05) is 54.9 Å². The summed E-state index contributed by atoms with van der Waals surface area (Å²) in [4.78, 5) is 17.2. The zero-order valence-corrected chi connectivity index (χ0v) is 15.0. The van der Waals surface area contributed by atoms with Crippen LogP contribution in [0, 0.1) is 5.82 Å². The molecule has 2 rings (SSSR count). The minimum Gasteiger partial charge on any atom is -0.383 e. The van der Waals surface area contributed by atoms with Gasteiger partial charge in [0.15, 0.2) is 0 Å². The maximum atomic E-state index is 13.0. The first-order valence-electron chi connectivity index (χ1n) is 7.92. The third-order valence-corrected chi connectivity index (χ3v) is 3.89. The normalized spacial score (nSPS) is 12.4. The number of carbonyl (C=O) groups excluding carboxylic acids is 1. The number of benzene rings is 2. The number of halogens is 2. The summed E-state index contributed by atoms with van der Waals surface area (Å²) in [5.41, 5.74) is 2.43. The SMILES string of the molecule is CC(C)c1ccc(/C=N\O[C@@H](C)C(=O)Nc2ccc(F)cc2Cl)cc1. The molecule has 0 saturated heterocycles. The molecule has 0 bridgehead atoms. The molecule has 0 radical (unpaired) electrons. The van der Waals surface area contributed by atoms with Crippen LogP contribution in [-0.2, 0) is 9.63 Å². The second-order valence-corrected chi connectivity index (χ2v) is 6.32. The molecule has 0 fully saturated rings. The molecule has 1 amide bonds. The highest BCUT2D eigenvalue weighted by molar-refractivity contribution is 6.33. The number of amides is 1. The molecule has 6 heteroatoms. The molecule has 4 nitrogen and oxygen atoms in total. The van der Waals surface area contributed by atoms with Gasteiger partial charge in [-0.15, -0.1) is 0 Å². The van der Waals surface area contributed by atoms with E-state index in [0.29, 0.717) is 11.6 Å². The molecule has 132 valence electrons. The molecule has 0 unspecified atom stereocenters. The highest BCUT2D eigenvalue weighted by Gasteiger charge is 2.15. The van der Waals surface area contributed by atoms with Crippen molar-refractivity contribution >= 4 is 29.4 Å². The number of rotatable bonds is 6. The van der Waals surface area contributed by atoms with Gasteiger partial charge in [0.05, 0.1) is 16.9 Å². The van der Waals surface area contributed by atoms with Crippen LogP contribution in [0.3, 0.4) is 0 Å². The number of hydrogen-bond acceptors (Lipinski definition) is 3. The number of hydrogen-bond donors (Lipinski definition) is 1. The molecular weight excluding hydrogens is 343 g/mol. The van der Waals surface area contributed by atoms with E-state index in [0.717, 1.165) is 11.6 Å². The predicted octanol–water partition coefficient (Wildman–Crippen LogP) is 4.98. The van der Waals surface area contributed by atoms with Crippen LogP contribution in [0.2, 0.25) is 5.02 Å². The largest absolute Gasteiger partial charge is 0.383 e. The molecule has 0 heterocycles. The van der Waals surface area contributed by atoms with Crippen molar-refractivity contribution in [3.05, 3.63) is 64.4 Å². The predicted molar refractivity (Wildman–Crippen MR) is 98.7 cm³/mol. The smallest absolute Gasteiger partial charge is 0.268 e. The first kappa shape index (κ1) is 18.9. The monoisotopic (exact) mass is 362 g/mol. The lowest BCUT2D eigenvalue weighted by molar-refractivity contribution is -0.126. The van der Waals surface area contributed by atoms with Crippen LogP contribution in [0.4, 0.5) is 10.1 Å². The Hall–Kier alpha value is -2.40. The lowest BCUT2D eigenvalue weighted by Gasteiger charge is -2.11. The molecule has 0 aliphatic heterocycles. The van der Waals surface area contributed by atoms with Gasteiger partial charge in [-0.3, -0.25) is 4.79 Å². The van der Waals surface area contributed by atoms with E-state index in [1.165, 1.54) is 17.7 Å². The fraction of sp³-hybridized carbons (Fsp3) is 0.263. The van der Waals surface area contributed by atoms with Crippen molar-refractivity contribution in [2.45, 2.75) is 32.8 Å². The molecule has 0 spiro atoms. The van der Waals surface area contributed by atoms with Gasteiger partial charge in [0.25, 0.3) is 5.91 Å². The van der Waals surface area contributed by atoms with E-state index in [9.17, 15) is 9.18 Å². The molecule has 0 saturated carbocycles. The summed E-state index contributed by atoms with van der Waals surface area (Å²) in [7, 11) is 0. The summed E-state index contributed by atoms with van der Waals surface area (Å²) in [6.45, 7) is 5.81. The number of anilines is 1. The van der Waals surface area contributed by atoms with E-state index in [1.54, 1.807) is 13.1 Å². The fourth-order valence-corrected chi connectivity index (χ4v) is 2.24. The molecule has 1 N–H and O–H groups in total. The molecule has 2 aromatic carbocycles. The Morgan fingerprint density at radius 2 is 1.88 bits per heavy atom. The Morgan fingerprint density at radius 3 is 2.48 bits per heavy atom. The van der Waals surface area contributed by atoms with Gasteiger partial charge in [0, 0.05) is 0 Å². The van der Waals surface area contributed by atoms with Crippen molar-refractivity contribution in [2.24, 2.45) is 5.16 Å². The van der Waals surface area contributed by atoms with Gasteiger partial charge in [-0.05, 0) is 42.2 Å². The number of carbonyl (C=O) groups is 1. The lowest BCUT2D eigenvalue weighted by Crippen LogP contribution is -2.26. The first-order valence-corrected chi connectivity index (χ1v) is 8.29. The highest BCUT2D eigenvalue weighted by Crippen LogP contribution is 2.22. The van der Waals surface area contributed by atoms with Crippen LogP contribution in [0.1, 0.15) is 37.8 Å². The summed E-state index contributed by atoms with van der Waals surface area (Å²) in [5, 5.41) is 6.53. The average Bonchev–Trinajstić information content (AvgIpc) is 2.57. The van der Waals surface area contributed by atoms with Crippen molar-refractivity contribution in [3.8, 4) is 0 Å². The van der Waals surface area contributed by atoms with Crippen molar-refractivity contribution in [1.82, 2.24) is 0 Å². The van der Waals surface area contributed by atoms with Crippen LogP contribution in [0.25, 0.3) is 0 Å². The number of nitrogens with zero attached hydrogens (tertiary/aromatic N) is 1. The Morgan fingerprint density at radius 1 is 1.20 bits per heavy atom. The molecule has 2 aromatic rings. The standard InChI is InChI=1S/C19H20ClFN2O2/c1-12(2)15-6-4-14(5-7-15)11-22-25-13(3)19(24)23-18-9-8-16(21)10-17(18)20/h4-13H,1-3H3,(H,23,24)/b22-11-/t13-/m0/s1. The van der Waals surface area contributed by atoms with E-state index in [2.05, 4.69) is 24.3 Å². The molecule has 0 aliphatic carbocycles. The van der Waals surface area contributed by atoms with E-state index in [4.69, 9.17) is 16.4 Å². The van der Waals surface area contributed by atoms with Gasteiger partial charge in [0.1, 0.15) is 5.82 Å². The van der Waals surface area contributed by atoms with Gasteiger partial charge in [0.2, 0.25) is 6.10 Å². The molecule has 1 atom stereocenters. The van der Waals surface area contributed by atoms with Crippen LogP contribution in [0.5, 0.6) is 0 Å². The number of nitrogens with one attached hydrogen (secondary N) is 1. The molecular formula is C19H20ClFN2O2. The summed E-state index contributed by atoms with van der Waals surface area (Å²) >= 11 is 5.87. The molecule has 25 heavy (non-hydrogen) atoms. The van der Waals surface area contributed by atoms with E-state index in [-0.39, 0.29) is 5.02 Å². The Kier molecular flexibility index (Phi) is 6.53. The third kappa shape index (κ3) is 5.57.